The first-order chi connectivity index (χ1) is 13.0. The first-order valence-corrected chi connectivity index (χ1v) is 9.52. The number of carbonyl (C=O) groups excluding carboxylic acids is 1. The largest absolute Gasteiger partial charge is 0.368 e. The van der Waals surface area contributed by atoms with Crippen molar-refractivity contribution in [1.29, 1.82) is 0 Å². The second-order valence-corrected chi connectivity index (χ2v) is 7.59. The molecule has 0 saturated carbocycles. The lowest BCUT2D eigenvalue weighted by atomic mass is 10.0. The summed E-state index contributed by atoms with van der Waals surface area (Å²) < 4.78 is 0. The van der Waals surface area contributed by atoms with E-state index in [1.54, 1.807) is 0 Å². The molecule has 0 bridgehead atoms. The van der Waals surface area contributed by atoms with Crippen LogP contribution in [0.1, 0.15) is 29.5 Å². The maximum absolute atomic E-state index is 11.8. The molecule has 4 rings (SSSR count). The summed E-state index contributed by atoms with van der Waals surface area (Å²) in [5.74, 6) is -0.228. The Balaban J connectivity index is 1.83. The monoisotopic (exact) mass is 359 g/mol. The third-order valence-electron chi connectivity index (χ3n) is 5.41. The minimum atomic E-state index is -0.228. The minimum absolute atomic E-state index is 0.177. The number of nitrogens with two attached hydrogens (primary N) is 1. The van der Waals surface area contributed by atoms with E-state index >= 15 is 0 Å². The summed E-state index contributed by atoms with van der Waals surface area (Å²) in [5.41, 5.74) is 12.3. The van der Waals surface area contributed by atoms with Gasteiger partial charge in [-0.25, -0.2) is 4.98 Å². The number of hydrogen-bond acceptors (Lipinski definition) is 3. The average molecular weight is 359 g/mol. The van der Waals surface area contributed by atoms with Crippen LogP contribution in [0.2, 0.25) is 0 Å². The molecule has 1 aliphatic heterocycles. The van der Waals surface area contributed by atoms with Crippen molar-refractivity contribution in [3.63, 3.8) is 0 Å². The van der Waals surface area contributed by atoms with Gasteiger partial charge in [-0.3, -0.25) is 9.69 Å². The van der Waals surface area contributed by atoms with Gasteiger partial charge in [0.25, 0.3) is 0 Å². The molecular formula is C23H25N3O. The fourth-order valence-corrected chi connectivity index (χ4v) is 4.04. The van der Waals surface area contributed by atoms with E-state index < -0.39 is 0 Å². The fraction of sp³-hybridized carbons (Fsp3) is 0.304. The summed E-state index contributed by atoms with van der Waals surface area (Å²) in [4.78, 5) is 19.0. The number of pyridine rings is 1. The van der Waals surface area contributed by atoms with Crippen LogP contribution >= 0.6 is 0 Å². The first kappa shape index (κ1) is 17.7. The standard InChI is InChI=1S/C23H25N3O/c1-15-5-3-6-18(11-15)22-19(14-26-10-4-7-21(26)23(24)27)13-17-9-8-16(2)12-20(17)25-22/h3,5-6,8-9,11-13,21H,4,7,10,14H2,1-2H3,(H2,24,27)/t21-/m1/s1. The molecule has 1 atom stereocenters. The van der Waals surface area contributed by atoms with Crippen LogP contribution < -0.4 is 5.73 Å². The van der Waals surface area contributed by atoms with Crippen molar-refractivity contribution in [3.8, 4) is 11.3 Å². The Hall–Kier alpha value is -2.72. The van der Waals surface area contributed by atoms with Gasteiger partial charge in [-0.15, -0.1) is 0 Å². The number of primary amides is 1. The van der Waals surface area contributed by atoms with Gasteiger partial charge in [0.1, 0.15) is 0 Å². The highest BCUT2D eigenvalue weighted by Crippen LogP contribution is 2.30. The van der Waals surface area contributed by atoms with Gasteiger partial charge in [0.2, 0.25) is 5.91 Å². The van der Waals surface area contributed by atoms with Crippen LogP contribution in [-0.2, 0) is 11.3 Å². The van der Waals surface area contributed by atoms with Gasteiger partial charge >= 0.3 is 0 Å². The molecule has 4 heteroatoms. The SMILES string of the molecule is Cc1cccc(-c2nc3cc(C)ccc3cc2CN2CCC[C@@H]2C(N)=O)c1. The Labute approximate surface area is 160 Å². The number of fused-ring (bicyclic) bond motifs is 1. The normalized spacial score (nSPS) is 17.5. The van der Waals surface area contributed by atoms with Crippen LogP contribution in [-0.4, -0.2) is 28.4 Å². The van der Waals surface area contributed by atoms with Crippen LogP contribution in [0.15, 0.2) is 48.5 Å². The topological polar surface area (TPSA) is 59.2 Å². The molecule has 2 N–H and O–H groups in total. The maximum Gasteiger partial charge on any atom is 0.234 e. The number of amides is 1. The van der Waals surface area contributed by atoms with E-state index in [0.29, 0.717) is 6.54 Å². The van der Waals surface area contributed by atoms with Gasteiger partial charge in [0.05, 0.1) is 17.3 Å². The van der Waals surface area contributed by atoms with Gasteiger partial charge in [-0.1, -0.05) is 35.9 Å². The van der Waals surface area contributed by atoms with Gasteiger partial charge < -0.3 is 5.73 Å². The minimum Gasteiger partial charge on any atom is -0.368 e. The van der Waals surface area contributed by atoms with Gasteiger partial charge in [-0.2, -0.15) is 0 Å². The molecule has 0 spiro atoms. The van der Waals surface area contributed by atoms with E-state index in [-0.39, 0.29) is 11.9 Å². The number of carbonyl (C=O) groups is 1. The number of aryl methyl sites for hydroxylation is 2. The molecule has 3 aromatic rings. The predicted octanol–water partition coefficient (Wildman–Crippen LogP) is 3.97. The van der Waals surface area contributed by atoms with Crippen molar-refractivity contribution in [3.05, 3.63) is 65.2 Å². The zero-order valence-electron chi connectivity index (χ0n) is 15.9. The average Bonchev–Trinajstić information content (AvgIpc) is 3.10. The number of nitrogens with zero attached hydrogens (tertiary/aromatic N) is 2. The number of hydrogen-bond donors (Lipinski definition) is 1. The molecule has 1 fully saturated rings. The van der Waals surface area contributed by atoms with E-state index in [0.717, 1.165) is 47.1 Å². The molecule has 1 aliphatic rings. The maximum atomic E-state index is 11.8. The van der Waals surface area contributed by atoms with E-state index in [2.05, 4.69) is 67.3 Å². The predicted molar refractivity (Wildman–Crippen MR) is 109 cm³/mol. The molecule has 138 valence electrons. The summed E-state index contributed by atoms with van der Waals surface area (Å²) in [6.07, 6.45) is 1.85. The Morgan fingerprint density at radius 2 is 1.96 bits per heavy atom. The zero-order valence-corrected chi connectivity index (χ0v) is 15.9. The summed E-state index contributed by atoms with van der Waals surface area (Å²) in [7, 11) is 0. The number of aromatic nitrogens is 1. The van der Waals surface area contributed by atoms with Crippen LogP contribution in [0.25, 0.3) is 22.2 Å². The quantitative estimate of drug-likeness (QED) is 0.767. The molecule has 1 amide bonds. The van der Waals surface area contributed by atoms with Crippen LogP contribution in [0.4, 0.5) is 0 Å². The van der Waals surface area contributed by atoms with Crippen molar-refractivity contribution in [2.75, 3.05) is 6.54 Å². The third-order valence-corrected chi connectivity index (χ3v) is 5.41. The molecule has 0 unspecified atom stereocenters. The Morgan fingerprint density at radius 1 is 1.15 bits per heavy atom. The van der Waals surface area contributed by atoms with Crippen LogP contribution in [0.5, 0.6) is 0 Å². The lowest BCUT2D eigenvalue weighted by Crippen LogP contribution is -2.39. The summed E-state index contributed by atoms with van der Waals surface area (Å²) in [6.45, 7) is 5.77. The molecule has 2 aromatic carbocycles. The van der Waals surface area contributed by atoms with Crippen molar-refractivity contribution in [1.82, 2.24) is 9.88 Å². The van der Waals surface area contributed by atoms with Crippen molar-refractivity contribution in [2.24, 2.45) is 5.73 Å². The summed E-state index contributed by atoms with van der Waals surface area (Å²) >= 11 is 0. The second-order valence-electron chi connectivity index (χ2n) is 7.59. The molecule has 1 aromatic heterocycles. The van der Waals surface area contributed by atoms with Crippen molar-refractivity contribution >= 4 is 16.8 Å². The molecule has 2 heterocycles. The van der Waals surface area contributed by atoms with Crippen molar-refractivity contribution in [2.45, 2.75) is 39.3 Å². The molecule has 27 heavy (non-hydrogen) atoms. The summed E-state index contributed by atoms with van der Waals surface area (Å²) in [5, 5.41) is 1.13. The highest BCUT2D eigenvalue weighted by molar-refractivity contribution is 5.84. The molecule has 1 saturated heterocycles. The lowest BCUT2D eigenvalue weighted by Gasteiger charge is -2.23. The third kappa shape index (κ3) is 3.58. The van der Waals surface area contributed by atoms with Gasteiger partial charge in [0, 0.05) is 17.5 Å². The zero-order chi connectivity index (χ0) is 19.0. The number of rotatable bonds is 4. The molecule has 0 radical (unpaired) electrons. The van der Waals surface area contributed by atoms with Gasteiger partial charge in [-0.05, 0) is 62.6 Å². The summed E-state index contributed by atoms with van der Waals surface area (Å²) in [6, 6.07) is 16.8. The van der Waals surface area contributed by atoms with Gasteiger partial charge in [0.15, 0.2) is 0 Å². The van der Waals surface area contributed by atoms with E-state index in [9.17, 15) is 4.79 Å². The Kier molecular flexibility index (Phi) is 4.66. The van der Waals surface area contributed by atoms with E-state index in [4.69, 9.17) is 10.7 Å². The molecular weight excluding hydrogens is 334 g/mol. The van der Waals surface area contributed by atoms with E-state index in [1.807, 2.05) is 0 Å². The highest BCUT2D eigenvalue weighted by atomic mass is 16.1. The smallest absolute Gasteiger partial charge is 0.234 e. The van der Waals surface area contributed by atoms with Crippen LogP contribution in [0, 0.1) is 13.8 Å². The highest BCUT2D eigenvalue weighted by Gasteiger charge is 2.29. The molecule has 4 nitrogen and oxygen atoms in total. The molecule has 0 aliphatic carbocycles. The Bertz CT molecular complexity index is 1010. The first-order valence-electron chi connectivity index (χ1n) is 9.52. The van der Waals surface area contributed by atoms with Crippen molar-refractivity contribution < 1.29 is 4.79 Å². The number of likely N-dealkylation sites (tertiary alicyclic amines) is 1. The second kappa shape index (κ2) is 7.12. The Morgan fingerprint density at radius 3 is 2.74 bits per heavy atom. The van der Waals surface area contributed by atoms with E-state index in [1.165, 1.54) is 11.1 Å². The van der Waals surface area contributed by atoms with Crippen LogP contribution in [0.3, 0.4) is 0 Å². The lowest BCUT2D eigenvalue weighted by molar-refractivity contribution is -0.122. The fourth-order valence-electron chi connectivity index (χ4n) is 4.04. The number of benzene rings is 2.